The van der Waals surface area contributed by atoms with Gasteiger partial charge in [0.15, 0.2) is 5.75 Å². The van der Waals surface area contributed by atoms with Crippen LogP contribution in [0.15, 0.2) is 35.7 Å². The summed E-state index contributed by atoms with van der Waals surface area (Å²) in [5, 5.41) is 16.1. The van der Waals surface area contributed by atoms with Crippen LogP contribution in [-0.4, -0.2) is 24.4 Å². The number of benzene rings is 1. The fourth-order valence-electron chi connectivity index (χ4n) is 1.81. The molecule has 3 nitrogen and oxygen atoms in total. The SMILES string of the molecule is C[C@H](NCC(O)COc1c(Cl)cccc1Cl)c1cccs1. The Morgan fingerprint density at radius 3 is 2.57 bits per heavy atom. The quantitative estimate of drug-likeness (QED) is 0.792. The van der Waals surface area contributed by atoms with Crippen LogP contribution in [0.4, 0.5) is 0 Å². The molecule has 1 unspecified atom stereocenters. The summed E-state index contributed by atoms with van der Waals surface area (Å²) in [4.78, 5) is 1.23. The van der Waals surface area contributed by atoms with Gasteiger partial charge in [-0.25, -0.2) is 0 Å². The van der Waals surface area contributed by atoms with Crippen LogP contribution < -0.4 is 10.1 Å². The number of ether oxygens (including phenoxy) is 1. The van der Waals surface area contributed by atoms with Gasteiger partial charge in [-0.15, -0.1) is 11.3 Å². The summed E-state index contributed by atoms with van der Waals surface area (Å²) in [6.07, 6.45) is -0.639. The summed E-state index contributed by atoms with van der Waals surface area (Å²) < 4.78 is 5.50. The van der Waals surface area contributed by atoms with E-state index in [1.165, 1.54) is 4.88 Å². The molecule has 0 aliphatic rings. The van der Waals surface area contributed by atoms with E-state index in [9.17, 15) is 5.11 Å². The molecule has 0 fully saturated rings. The molecule has 0 saturated carbocycles. The van der Waals surface area contributed by atoms with E-state index in [4.69, 9.17) is 27.9 Å². The molecule has 21 heavy (non-hydrogen) atoms. The highest BCUT2D eigenvalue weighted by Gasteiger charge is 2.12. The van der Waals surface area contributed by atoms with E-state index < -0.39 is 6.10 Å². The Morgan fingerprint density at radius 1 is 1.24 bits per heavy atom. The Balaban J connectivity index is 1.78. The third-order valence-corrected chi connectivity index (χ3v) is 4.62. The molecule has 0 bridgehead atoms. The predicted molar refractivity (Wildman–Crippen MR) is 88.7 cm³/mol. The summed E-state index contributed by atoms with van der Waals surface area (Å²) in [6.45, 7) is 2.62. The van der Waals surface area contributed by atoms with Crippen molar-refractivity contribution >= 4 is 34.5 Å². The average Bonchev–Trinajstić information content (AvgIpc) is 2.98. The molecule has 2 aromatic rings. The molecule has 2 N–H and O–H groups in total. The largest absolute Gasteiger partial charge is 0.488 e. The highest BCUT2D eigenvalue weighted by Crippen LogP contribution is 2.32. The Labute approximate surface area is 138 Å². The fourth-order valence-corrected chi connectivity index (χ4v) is 3.08. The molecule has 114 valence electrons. The predicted octanol–water partition coefficient (Wildman–Crippen LogP) is 4.15. The second-order valence-electron chi connectivity index (χ2n) is 4.66. The van der Waals surface area contributed by atoms with E-state index in [0.717, 1.165) is 0 Å². The van der Waals surface area contributed by atoms with Crippen LogP contribution in [0.2, 0.25) is 10.0 Å². The number of nitrogens with one attached hydrogen (secondary N) is 1. The zero-order chi connectivity index (χ0) is 15.2. The fraction of sp³-hybridized carbons (Fsp3) is 0.333. The lowest BCUT2D eigenvalue weighted by molar-refractivity contribution is 0.104. The second-order valence-corrected chi connectivity index (χ2v) is 6.45. The number of aliphatic hydroxyl groups is 1. The van der Waals surface area contributed by atoms with Crippen molar-refractivity contribution < 1.29 is 9.84 Å². The van der Waals surface area contributed by atoms with Gasteiger partial charge >= 0.3 is 0 Å². The number of rotatable bonds is 7. The summed E-state index contributed by atoms with van der Waals surface area (Å²) >= 11 is 13.7. The van der Waals surface area contributed by atoms with Gasteiger partial charge in [-0.05, 0) is 30.5 Å². The van der Waals surface area contributed by atoms with E-state index in [1.807, 2.05) is 11.4 Å². The van der Waals surface area contributed by atoms with Gasteiger partial charge in [-0.2, -0.15) is 0 Å². The Kier molecular flexibility index (Phi) is 6.33. The highest BCUT2D eigenvalue weighted by atomic mass is 35.5. The molecule has 0 saturated heterocycles. The number of thiophene rings is 1. The first-order chi connectivity index (χ1) is 10.1. The van der Waals surface area contributed by atoms with Gasteiger partial charge in [0, 0.05) is 17.5 Å². The van der Waals surface area contributed by atoms with Crippen LogP contribution in [0.3, 0.4) is 0 Å². The summed E-state index contributed by atoms with van der Waals surface area (Å²) in [5.74, 6) is 0.409. The molecular formula is C15H17Cl2NO2S. The molecule has 1 aromatic heterocycles. The van der Waals surface area contributed by atoms with Crippen LogP contribution in [0.1, 0.15) is 17.8 Å². The summed E-state index contributed by atoms with van der Waals surface area (Å²) in [6, 6.07) is 9.42. The van der Waals surface area contributed by atoms with E-state index in [0.29, 0.717) is 22.3 Å². The monoisotopic (exact) mass is 345 g/mol. The van der Waals surface area contributed by atoms with Gasteiger partial charge in [0.05, 0.1) is 10.0 Å². The Morgan fingerprint density at radius 2 is 1.95 bits per heavy atom. The number of aliphatic hydroxyl groups excluding tert-OH is 1. The zero-order valence-corrected chi connectivity index (χ0v) is 13.9. The minimum Gasteiger partial charge on any atom is -0.488 e. The molecule has 0 aliphatic carbocycles. The van der Waals surface area contributed by atoms with Gasteiger partial charge in [0.25, 0.3) is 0 Å². The molecule has 0 amide bonds. The van der Waals surface area contributed by atoms with Crippen molar-refractivity contribution in [3.8, 4) is 5.75 Å². The summed E-state index contributed by atoms with van der Waals surface area (Å²) in [7, 11) is 0. The van der Waals surface area contributed by atoms with Crippen molar-refractivity contribution in [2.45, 2.75) is 19.1 Å². The van der Waals surface area contributed by atoms with E-state index in [2.05, 4.69) is 18.3 Å². The van der Waals surface area contributed by atoms with Crippen molar-refractivity contribution in [3.05, 3.63) is 50.6 Å². The molecule has 0 spiro atoms. The summed E-state index contributed by atoms with van der Waals surface area (Å²) in [5.41, 5.74) is 0. The van der Waals surface area contributed by atoms with Crippen molar-refractivity contribution in [1.29, 1.82) is 0 Å². The minimum absolute atomic E-state index is 0.133. The van der Waals surface area contributed by atoms with Gasteiger partial charge in [-0.3, -0.25) is 0 Å². The van der Waals surface area contributed by atoms with Crippen molar-refractivity contribution in [3.63, 3.8) is 0 Å². The first-order valence-corrected chi connectivity index (χ1v) is 8.23. The van der Waals surface area contributed by atoms with Crippen LogP contribution >= 0.6 is 34.5 Å². The third-order valence-electron chi connectivity index (χ3n) is 2.97. The first kappa shape index (κ1) is 16.6. The van der Waals surface area contributed by atoms with Crippen LogP contribution in [-0.2, 0) is 0 Å². The maximum atomic E-state index is 9.97. The molecule has 2 atom stereocenters. The lowest BCUT2D eigenvalue weighted by atomic mass is 10.2. The second kappa shape index (κ2) is 8.01. The van der Waals surface area contributed by atoms with Crippen LogP contribution in [0.25, 0.3) is 0 Å². The molecule has 1 heterocycles. The number of hydrogen-bond donors (Lipinski definition) is 2. The maximum Gasteiger partial charge on any atom is 0.156 e. The molecule has 0 aliphatic heterocycles. The lowest BCUT2D eigenvalue weighted by Gasteiger charge is -2.17. The van der Waals surface area contributed by atoms with Gasteiger partial charge in [0.2, 0.25) is 0 Å². The average molecular weight is 346 g/mol. The topological polar surface area (TPSA) is 41.5 Å². The normalized spacial score (nSPS) is 13.9. The molecule has 6 heteroatoms. The van der Waals surface area contributed by atoms with Crippen molar-refractivity contribution in [2.75, 3.05) is 13.2 Å². The lowest BCUT2D eigenvalue weighted by Crippen LogP contribution is -2.32. The first-order valence-electron chi connectivity index (χ1n) is 6.59. The standard InChI is InChI=1S/C15H17Cl2NO2S/c1-10(14-6-3-7-21-14)18-8-11(19)9-20-15-12(16)4-2-5-13(15)17/h2-7,10-11,18-19H,8-9H2,1H3/t10-,11?/m0/s1. The third kappa shape index (κ3) is 4.87. The van der Waals surface area contributed by atoms with Crippen molar-refractivity contribution in [1.82, 2.24) is 5.32 Å². The number of para-hydroxylation sites is 1. The number of hydrogen-bond acceptors (Lipinski definition) is 4. The minimum atomic E-state index is -0.639. The number of halogens is 2. The molecule has 1 aromatic carbocycles. The molecule has 2 rings (SSSR count). The van der Waals surface area contributed by atoms with Crippen molar-refractivity contribution in [2.24, 2.45) is 0 Å². The zero-order valence-electron chi connectivity index (χ0n) is 11.6. The Hall–Kier alpha value is -0.780. The van der Waals surface area contributed by atoms with Gasteiger partial charge in [0.1, 0.15) is 12.7 Å². The molecule has 0 radical (unpaired) electrons. The van der Waals surface area contributed by atoms with E-state index in [-0.39, 0.29) is 12.6 Å². The highest BCUT2D eigenvalue weighted by molar-refractivity contribution is 7.10. The van der Waals surface area contributed by atoms with E-state index in [1.54, 1.807) is 29.5 Å². The molecular weight excluding hydrogens is 329 g/mol. The van der Waals surface area contributed by atoms with Crippen LogP contribution in [0, 0.1) is 0 Å². The van der Waals surface area contributed by atoms with E-state index >= 15 is 0 Å². The van der Waals surface area contributed by atoms with Crippen LogP contribution in [0.5, 0.6) is 5.75 Å². The maximum absolute atomic E-state index is 9.97. The van der Waals surface area contributed by atoms with Gasteiger partial charge < -0.3 is 15.2 Å². The smallest absolute Gasteiger partial charge is 0.156 e. The Bertz CT molecular complexity index is 543. The van der Waals surface area contributed by atoms with Gasteiger partial charge in [-0.1, -0.05) is 35.3 Å².